The van der Waals surface area contributed by atoms with Gasteiger partial charge in [0.05, 0.1) is 13.3 Å². The van der Waals surface area contributed by atoms with Gasteiger partial charge in [0.25, 0.3) is 0 Å². The van der Waals surface area contributed by atoms with Crippen LogP contribution in [0.4, 0.5) is 0 Å². The molecule has 0 bridgehead atoms. The minimum Gasteiger partial charge on any atom is -0.0715 e. The lowest BCUT2D eigenvalue weighted by Gasteiger charge is -2.58. The van der Waals surface area contributed by atoms with Crippen LogP contribution in [0, 0.1) is 0 Å². The van der Waals surface area contributed by atoms with Crippen molar-refractivity contribution in [3.05, 3.63) is 18.6 Å². The monoisotopic (exact) mass is 798 g/mol. The number of halogens is 2. The fourth-order valence-corrected chi connectivity index (χ4v) is 248. The summed E-state index contributed by atoms with van der Waals surface area (Å²) in [5.74, 6) is 0. The Morgan fingerprint density at radius 1 is 0.344 bits per heavy atom. The molecule has 0 nitrogen and oxygen atoms in total. The highest BCUT2D eigenvalue weighted by Gasteiger charge is 2.64. The summed E-state index contributed by atoms with van der Waals surface area (Å²) in [5, 5.41) is 0. The molecule has 0 rings (SSSR count). The summed E-state index contributed by atoms with van der Waals surface area (Å²) in [4.78, 5) is 0. The van der Waals surface area contributed by atoms with E-state index in [4.69, 9.17) is 0 Å². The van der Waals surface area contributed by atoms with Crippen molar-refractivity contribution in [3.63, 3.8) is 0 Å². The maximum atomic E-state index is 2.88. The van der Waals surface area contributed by atoms with Crippen molar-refractivity contribution in [3.8, 4) is 0 Å². The van der Waals surface area contributed by atoms with Crippen LogP contribution in [0.15, 0.2) is 18.6 Å². The van der Waals surface area contributed by atoms with Gasteiger partial charge in [-0.25, -0.2) is 0 Å². The molecule has 0 unspecified atom stereocenters. The Balaban J connectivity index is 7.42. The SMILES string of the molecule is C[Si](C)(C)[Si](/C(I)=C/C=C(\I)[Si]([Si](C)(C)C)([Si](C)(C)C)[Si](C)(C)C)([Si](C)(C)C)[Si](C)(C)C. The molecule has 0 fully saturated rings. The van der Waals surface area contributed by atoms with Crippen LogP contribution in [0.25, 0.3) is 0 Å². The maximum absolute atomic E-state index is 2.88. The summed E-state index contributed by atoms with van der Waals surface area (Å²) >= 11 is 5.77. The van der Waals surface area contributed by atoms with E-state index in [-0.39, 0.29) is 0 Å². The minimum atomic E-state index is -1.50. The summed E-state index contributed by atoms with van der Waals surface area (Å²) in [5.41, 5.74) is 0. The second-order valence-electron chi connectivity index (χ2n) is 16.0. The Bertz CT molecular complexity index is 595. The maximum Gasteiger partial charge on any atom is 0.0760 e. The van der Waals surface area contributed by atoms with E-state index in [1.54, 1.807) is 0 Å². The smallest absolute Gasteiger partial charge is 0.0715 e. The van der Waals surface area contributed by atoms with Gasteiger partial charge in [-0.15, -0.1) is 0 Å². The second-order valence-corrected chi connectivity index (χ2v) is 101. The lowest BCUT2D eigenvalue weighted by molar-refractivity contribution is 1.72. The van der Waals surface area contributed by atoms with Crippen LogP contribution in [0.2, 0.25) is 118 Å². The summed E-state index contributed by atoms with van der Waals surface area (Å²) in [6, 6.07) is 0. The molecule has 0 spiro atoms. The van der Waals surface area contributed by atoms with Crippen molar-refractivity contribution in [2.24, 2.45) is 0 Å². The van der Waals surface area contributed by atoms with Gasteiger partial charge in [0, 0.05) is 45.5 Å². The topological polar surface area (TPSA) is 0 Å². The van der Waals surface area contributed by atoms with E-state index in [1.807, 2.05) is 6.41 Å². The molecule has 32 heavy (non-hydrogen) atoms. The van der Waals surface area contributed by atoms with Crippen molar-refractivity contribution in [1.82, 2.24) is 0 Å². The van der Waals surface area contributed by atoms with Crippen LogP contribution in [-0.4, -0.2) is 58.8 Å². The standard InChI is InChI=1S/C22H56I2Si8/c1-25(2,3)31(26(4,5)6,27(7,8)9)21(23)19-20-22(24)32(28(10,11)12,29(13,14)15)30(16,17)18/h19-20H,1-18H3/b21-19+,22-20+. The van der Waals surface area contributed by atoms with E-state index in [2.05, 4.69) is 175 Å². The second kappa shape index (κ2) is 10.4. The van der Waals surface area contributed by atoms with Crippen molar-refractivity contribution >= 4 is 104 Å². The van der Waals surface area contributed by atoms with Crippen LogP contribution in [-0.2, 0) is 0 Å². The van der Waals surface area contributed by atoms with Gasteiger partial charge in [-0.05, 0) is 6.41 Å². The first-order valence-corrected chi connectivity index (χ1v) is 45.4. The molecule has 190 valence electrons. The third-order valence-corrected chi connectivity index (χ3v) is 164. The molecular formula is C22H56I2Si8. The van der Waals surface area contributed by atoms with Crippen molar-refractivity contribution in [2.45, 2.75) is 118 Å². The van der Waals surface area contributed by atoms with Crippen LogP contribution >= 0.6 is 45.2 Å². The van der Waals surface area contributed by atoms with Gasteiger partial charge in [-0.2, -0.15) is 0 Å². The molecule has 0 aliphatic rings. The van der Waals surface area contributed by atoms with E-state index in [0.29, 0.717) is 0 Å². The van der Waals surface area contributed by atoms with Gasteiger partial charge in [0.15, 0.2) is 0 Å². The highest BCUT2D eigenvalue weighted by molar-refractivity contribution is 14.1. The zero-order chi connectivity index (χ0) is 26.6. The van der Waals surface area contributed by atoms with Gasteiger partial charge >= 0.3 is 0 Å². The molecule has 0 amide bonds. The lowest BCUT2D eigenvalue weighted by atomic mass is 10.6. The molecular weight excluding hydrogens is 743 g/mol. The van der Waals surface area contributed by atoms with Crippen LogP contribution in [0.5, 0.6) is 0 Å². The van der Waals surface area contributed by atoms with E-state index in [9.17, 15) is 0 Å². The van der Waals surface area contributed by atoms with Gasteiger partial charge in [0.2, 0.25) is 0 Å². The highest BCUT2D eigenvalue weighted by Crippen LogP contribution is 2.47. The lowest BCUT2D eigenvalue weighted by Crippen LogP contribution is -2.83. The molecule has 0 atom stereocenters. The largest absolute Gasteiger partial charge is 0.0760 e. The average Bonchev–Trinajstić information content (AvgIpc) is 2.35. The summed E-state index contributed by atoms with van der Waals surface area (Å²) in [7, 11) is -7.84. The van der Waals surface area contributed by atoms with Gasteiger partial charge in [-0.3, -0.25) is 0 Å². The Hall–Kier alpha value is 2.68. The number of hydrogen-bond donors (Lipinski definition) is 0. The third kappa shape index (κ3) is 6.04. The van der Waals surface area contributed by atoms with Crippen LogP contribution < -0.4 is 0 Å². The number of rotatable bonds is 9. The zero-order valence-corrected chi connectivity index (χ0v) is 37.2. The first-order chi connectivity index (χ1) is 13.5. The Kier molecular flexibility index (Phi) is 11.3. The van der Waals surface area contributed by atoms with E-state index in [0.717, 1.165) is 0 Å². The summed E-state index contributed by atoms with van der Waals surface area (Å²) in [6.45, 7) is 46.0. The van der Waals surface area contributed by atoms with Gasteiger partial charge in [-0.1, -0.05) is 175 Å². The molecule has 0 aliphatic carbocycles. The van der Waals surface area contributed by atoms with Gasteiger partial charge in [0.1, 0.15) is 0 Å². The first-order valence-electron chi connectivity index (χ1n) is 12.3. The van der Waals surface area contributed by atoms with E-state index >= 15 is 0 Å². The minimum absolute atomic E-state index is 1.31. The Morgan fingerprint density at radius 2 is 0.469 bits per heavy atom. The predicted octanol–water partition coefficient (Wildman–Crippen LogP) is 10.1. The quantitative estimate of drug-likeness (QED) is 0.124. The molecule has 10 heteroatoms. The van der Waals surface area contributed by atoms with E-state index < -0.39 is 58.8 Å². The van der Waals surface area contributed by atoms with Crippen molar-refractivity contribution < 1.29 is 0 Å². The molecule has 0 heterocycles. The third-order valence-electron chi connectivity index (χ3n) is 7.84. The van der Waals surface area contributed by atoms with E-state index in [1.165, 1.54) is 0 Å². The van der Waals surface area contributed by atoms with Gasteiger partial charge < -0.3 is 0 Å². The molecule has 0 aromatic heterocycles. The molecule has 0 saturated carbocycles. The summed E-state index contributed by atoms with van der Waals surface area (Å²) < 4.78 is 3.71. The molecule has 0 saturated heterocycles. The Labute approximate surface area is 237 Å². The molecule has 0 aromatic rings. The average molecular weight is 799 g/mol. The molecule has 0 N–H and O–H groups in total. The normalized spacial score (nSPS) is 17.1. The van der Waals surface area contributed by atoms with Crippen LogP contribution in [0.3, 0.4) is 0 Å². The van der Waals surface area contributed by atoms with Crippen LogP contribution in [0.1, 0.15) is 0 Å². The first kappa shape index (κ1) is 34.7. The predicted molar refractivity (Wildman–Crippen MR) is 196 cm³/mol. The fourth-order valence-electron chi connectivity index (χ4n) is 9.30. The molecule has 0 aromatic carbocycles. The molecule has 0 radical (unpaired) electrons. The Morgan fingerprint density at radius 3 is 0.562 bits per heavy atom. The zero-order valence-electron chi connectivity index (χ0n) is 24.9. The highest BCUT2D eigenvalue weighted by atomic mass is 127. The number of hydrogen-bond acceptors (Lipinski definition) is 0. The number of allylic oxidation sites excluding steroid dienone is 2. The van der Waals surface area contributed by atoms with Crippen molar-refractivity contribution in [2.75, 3.05) is 0 Å². The summed E-state index contributed by atoms with van der Waals surface area (Å²) in [6.07, 6.45) is 5.46. The molecule has 0 aliphatic heterocycles. The fraction of sp³-hybridized carbons (Fsp3) is 0.818. The van der Waals surface area contributed by atoms with Crippen molar-refractivity contribution in [1.29, 1.82) is 0 Å².